The molecule has 0 unspecified atom stereocenters. The SMILES string of the molecule is CCN1CCC[C@@H]1c1c(C)nn(C)c1C. The van der Waals surface area contributed by atoms with E-state index in [0.717, 1.165) is 6.54 Å². The van der Waals surface area contributed by atoms with Gasteiger partial charge in [-0.3, -0.25) is 9.58 Å². The number of likely N-dealkylation sites (tertiary alicyclic amines) is 1. The second-order valence-corrected chi connectivity index (χ2v) is 4.49. The fourth-order valence-electron chi connectivity index (χ4n) is 2.80. The lowest BCUT2D eigenvalue weighted by molar-refractivity contribution is 0.270. The lowest BCUT2D eigenvalue weighted by Crippen LogP contribution is -2.23. The maximum atomic E-state index is 4.51. The van der Waals surface area contributed by atoms with Crippen LogP contribution in [0.25, 0.3) is 0 Å². The molecule has 1 aromatic heterocycles. The van der Waals surface area contributed by atoms with E-state index in [1.165, 1.54) is 36.3 Å². The van der Waals surface area contributed by atoms with Crippen LogP contribution in [0.1, 0.15) is 42.8 Å². The Hall–Kier alpha value is -0.830. The van der Waals surface area contributed by atoms with Crippen LogP contribution in [0.3, 0.4) is 0 Å². The number of aromatic nitrogens is 2. The smallest absolute Gasteiger partial charge is 0.0644 e. The molecular formula is C12H21N3. The molecule has 3 nitrogen and oxygen atoms in total. The van der Waals surface area contributed by atoms with Crippen molar-refractivity contribution in [3.05, 3.63) is 17.0 Å². The molecule has 0 bridgehead atoms. The summed E-state index contributed by atoms with van der Waals surface area (Å²) < 4.78 is 2.01. The zero-order valence-corrected chi connectivity index (χ0v) is 10.2. The molecule has 1 aromatic rings. The second-order valence-electron chi connectivity index (χ2n) is 4.49. The molecule has 0 spiro atoms. The van der Waals surface area contributed by atoms with Crippen LogP contribution in [0, 0.1) is 13.8 Å². The van der Waals surface area contributed by atoms with Crippen molar-refractivity contribution < 1.29 is 0 Å². The first kappa shape index (κ1) is 10.7. The van der Waals surface area contributed by atoms with Crippen LogP contribution in [-0.2, 0) is 7.05 Å². The number of nitrogens with zero attached hydrogens (tertiary/aromatic N) is 3. The third-order valence-electron chi connectivity index (χ3n) is 3.67. The molecule has 2 heterocycles. The van der Waals surface area contributed by atoms with Crippen molar-refractivity contribution in [2.45, 2.75) is 39.7 Å². The van der Waals surface area contributed by atoms with Gasteiger partial charge in [-0.2, -0.15) is 5.10 Å². The summed E-state index contributed by atoms with van der Waals surface area (Å²) in [5.41, 5.74) is 4.01. The van der Waals surface area contributed by atoms with Gasteiger partial charge in [0.2, 0.25) is 0 Å². The van der Waals surface area contributed by atoms with Crippen molar-refractivity contribution in [2.24, 2.45) is 7.05 Å². The minimum atomic E-state index is 0.615. The Morgan fingerprint density at radius 2 is 2.13 bits per heavy atom. The van der Waals surface area contributed by atoms with Crippen LogP contribution >= 0.6 is 0 Å². The third-order valence-corrected chi connectivity index (χ3v) is 3.67. The van der Waals surface area contributed by atoms with E-state index in [1.807, 2.05) is 11.7 Å². The molecule has 0 radical (unpaired) electrons. The van der Waals surface area contributed by atoms with Gasteiger partial charge in [0.25, 0.3) is 0 Å². The quantitative estimate of drug-likeness (QED) is 0.741. The summed E-state index contributed by atoms with van der Waals surface area (Å²) >= 11 is 0. The van der Waals surface area contributed by atoms with E-state index in [4.69, 9.17) is 0 Å². The fraction of sp³-hybridized carbons (Fsp3) is 0.750. The summed E-state index contributed by atoms with van der Waals surface area (Å²) in [6, 6.07) is 0.615. The van der Waals surface area contributed by atoms with E-state index in [0.29, 0.717) is 6.04 Å². The van der Waals surface area contributed by atoms with Gasteiger partial charge in [0, 0.05) is 24.3 Å². The van der Waals surface area contributed by atoms with Crippen LogP contribution in [0.2, 0.25) is 0 Å². The van der Waals surface area contributed by atoms with Gasteiger partial charge in [-0.15, -0.1) is 0 Å². The highest BCUT2D eigenvalue weighted by molar-refractivity contribution is 5.28. The molecule has 1 aliphatic rings. The summed E-state index contributed by atoms with van der Waals surface area (Å²) in [5, 5.41) is 4.51. The van der Waals surface area contributed by atoms with Gasteiger partial charge in [0.1, 0.15) is 0 Å². The summed E-state index contributed by atoms with van der Waals surface area (Å²) in [6.45, 7) is 8.96. The van der Waals surface area contributed by atoms with Crippen LogP contribution in [-0.4, -0.2) is 27.8 Å². The van der Waals surface area contributed by atoms with Crippen molar-refractivity contribution in [3.8, 4) is 0 Å². The van der Waals surface area contributed by atoms with Gasteiger partial charge < -0.3 is 0 Å². The monoisotopic (exact) mass is 207 g/mol. The van der Waals surface area contributed by atoms with Crippen molar-refractivity contribution >= 4 is 0 Å². The van der Waals surface area contributed by atoms with E-state index >= 15 is 0 Å². The molecule has 1 saturated heterocycles. The Labute approximate surface area is 92.1 Å². The second kappa shape index (κ2) is 3.97. The molecule has 0 N–H and O–H groups in total. The lowest BCUT2D eigenvalue weighted by Gasteiger charge is -2.23. The molecule has 3 heteroatoms. The average Bonchev–Trinajstić information content (AvgIpc) is 2.73. The van der Waals surface area contributed by atoms with Gasteiger partial charge in [0.05, 0.1) is 5.69 Å². The normalized spacial score (nSPS) is 22.5. The lowest BCUT2D eigenvalue weighted by atomic mass is 10.0. The fourth-order valence-corrected chi connectivity index (χ4v) is 2.80. The average molecular weight is 207 g/mol. The van der Waals surface area contributed by atoms with Crippen molar-refractivity contribution in [1.29, 1.82) is 0 Å². The standard InChI is InChI=1S/C12H21N3/c1-5-15-8-6-7-11(15)12-9(2)13-14(4)10(12)3/h11H,5-8H2,1-4H3/t11-/m1/s1. The van der Waals surface area contributed by atoms with E-state index in [1.54, 1.807) is 0 Å². The van der Waals surface area contributed by atoms with Gasteiger partial charge in [-0.05, 0) is 39.8 Å². The highest BCUT2D eigenvalue weighted by Gasteiger charge is 2.28. The Balaban J connectivity index is 2.36. The van der Waals surface area contributed by atoms with E-state index in [2.05, 4.69) is 30.8 Å². The first-order valence-electron chi connectivity index (χ1n) is 5.89. The van der Waals surface area contributed by atoms with Crippen molar-refractivity contribution in [1.82, 2.24) is 14.7 Å². The zero-order valence-electron chi connectivity index (χ0n) is 10.2. The first-order valence-corrected chi connectivity index (χ1v) is 5.89. The van der Waals surface area contributed by atoms with Crippen LogP contribution < -0.4 is 0 Å². The van der Waals surface area contributed by atoms with Crippen molar-refractivity contribution in [3.63, 3.8) is 0 Å². The highest BCUT2D eigenvalue weighted by atomic mass is 15.3. The van der Waals surface area contributed by atoms with Crippen LogP contribution in [0.15, 0.2) is 0 Å². The summed E-state index contributed by atoms with van der Waals surface area (Å²) in [4.78, 5) is 2.57. The largest absolute Gasteiger partial charge is 0.296 e. The minimum Gasteiger partial charge on any atom is -0.296 e. The molecule has 0 amide bonds. The zero-order chi connectivity index (χ0) is 11.0. The number of hydrogen-bond donors (Lipinski definition) is 0. The number of hydrogen-bond acceptors (Lipinski definition) is 2. The molecule has 1 aliphatic heterocycles. The van der Waals surface area contributed by atoms with E-state index < -0.39 is 0 Å². The van der Waals surface area contributed by atoms with E-state index in [-0.39, 0.29) is 0 Å². The molecule has 0 saturated carbocycles. The van der Waals surface area contributed by atoms with Gasteiger partial charge in [-0.25, -0.2) is 0 Å². The Bertz CT molecular complexity index is 354. The minimum absolute atomic E-state index is 0.615. The van der Waals surface area contributed by atoms with Gasteiger partial charge in [0.15, 0.2) is 0 Å². The Morgan fingerprint density at radius 1 is 1.40 bits per heavy atom. The molecule has 1 fully saturated rings. The highest BCUT2D eigenvalue weighted by Crippen LogP contribution is 2.34. The molecule has 1 atom stereocenters. The maximum absolute atomic E-state index is 4.51. The molecule has 84 valence electrons. The number of aryl methyl sites for hydroxylation is 2. The predicted molar refractivity (Wildman–Crippen MR) is 61.9 cm³/mol. The Morgan fingerprint density at radius 3 is 2.67 bits per heavy atom. The maximum Gasteiger partial charge on any atom is 0.0644 e. The molecule has 2 rings (SSSR count). The summed E-state index contributed by atoms with van der Waals surface area (Å²) in [5.74, 6) is 0. The molecule has 0 aromatic carbocycles. The Kier molecular flexibility index (Phi) is 2.83. The third kappa shape index (κ3) is 1.69. The number of rotatable bonds is 2. The van der Waals surface area contributed by atoms with Crippen LogP contribution in [0.4, 0.5) is 0 Å². The van der Waals surface area contributed by atoms with Gasteiger partial charge in [-0.1, -0.05) is 6.92 Å². The van der Waals surface area contributed by atoms with Gasteiger partial charge >= 0.3 is 0 Å². The molecule has 0 aliphatic carbocycles. The van der Waals surface area contributed by atoms with Crippen molar-refractivity contribution in [2.75, 3.05) is 13.1 Å². The predicted octanol–water partition coefficient (Wildman–Crippen LogP) is 2.19. The molecular weight excluding hydrogens is 186 g/mol. The summed E-state index contributed by atoms with van der Waals surface area (Å²) in [6.07, 6.45) is 2.62. The van der Waals surface area contributed by atoms with E-state index in [9.17, 15) is 0 Å². The van der Waals surface area contributed by atoms with Crippen LogP contribution in [0.5, 0.6) is 0 Å². The summed E-state index contributed by atoms with van der Waals surface area (Å²) in [7, 11) is 2.04. The molecule has 15 heavy (non-hydrogen) atoms. The first-order chi connectivity index (χ1) is 7.15. The topological polar surface area (TPSA) is 21.1 Å².